The second-order valence-electron chi connectivity index (χ2n) is 11.5. The summed E-state index contributed by atoms with van der Waals surface area (Å²) in [7, 11) is 0. The minimum atomic E-state index is -1.03. The molecule has 246 valence electrons. The van der Waals surface area contributed by atoms with Crippen LogP contribution in [0.25, 0.3) is 11.1 Å². The lowest BCUT2D eigenvalue weighted by atomic mass is 10.1. The van der Waals surface area contributed by atoms with Crippen molar-refractivity contribution in [3.05, 3.63) is 94.8 Å². The Morgan fingerprint density at radius 2 is 1.91 bits per heavy atom. The Morgan fingerprint density at radius 1 is 1.11 bits per heavy atom. The minimum absolute atomic E-state index is 0.0646. The minimum Gasteiger partial charge on any atom is -0.493 e. The van der Waals surface area contributed by atoms with E-state index in [1.54, 1.807) is 30.0 Å². The van der Waals surface area contributed by atoms with Crippen LogP contribution in [0.1, 0.15) is 60.5 Å². The number of aromatic nitrogens is 2. The number of ether oxygens (including phenoxy) is 1. The lowest BCUT2D eigenvalue weighted by Crippen LogP contribution is -2.40. The molecule has 2 N–H and O–H groups in total. The van der Waals surface area contributed by atoms with Crippen LogP contribution in [0, 0.1) is 6.92 Å². The van der Waals surface area contributed by atoms with Crippen LogP contribution in [0.15, 0.2) is 78.0 Å². The van der Waals surface area contributed by atoms with Crippen LogP contribution < -0.4 is 15.0 Å². The first-order chi connectivity index (χ1) is 22.7. The maximum absolute atomic E-state index is 13.3. The van der Waals surface area contributed by atoms with Crippen molar-refractivity contribution in [2.75, 3.05) is 23.8 Å². The fraction of sp³-hybridized carbons (Fsp3) is 0.333. The average molecular weight is 675 g/mol. The van der Waals surface area contributed by atoms with Crippen LogP contribution in [-0.4, -0.2) is 57.6 Å². The van der Waals surface area contributed by atoms with E-state index in [1.165, 1.54) is 0 Å². The highest BCUT2D eigenvalue weighted by Gasteiger charge is 2.25. The van der Waals surface area contributed by atoms with Gasteiger partial charge in [0.1, 0.15) is 11.8 Å². The van der Waals surface area contributed by atoms with Crippen molar-refractivity contribution in [2.45, 2.75) is 63.4 Å². The van der Waals surface area contributed by atoms with Gasteiger partial charge in [0.25, 0.3) is 5.91 Å². The SMILES string of the molecule is CCCC[C@H](NC(=O)c1cccc(Cn2cc(-c3cccc4c3SCCN4C(=O)CCCOc3cccc(Cl)c3C)cn2)c1)C(=O)O. The van der Waals surface area contributed by atoms with Gasteiger partial charge in [0.05, 0.1) is 25.0 Å². The molecule has 2 heterocycles. The van der Waals surface area contributed by atoms with Gasteiger partial charge in [-0.1, -0.05) is 61.7 Å². The second-order valence-corrected chi connectivity index (χ2v) is 13.0. The number of nitrogens with one attached hydrogen (secondary N) is 1. The smallest absolute Gasteiger partial charge is 0.326 e. The van der Waals surface area contributed by atoms with Crippen LogP contribution in [0.2, 0.25) is 5.02 Å². The maximum atomic E-state index is 13.3. The summed E-state index contributed by atoms with van der Waals surface area (Å²) in [4.78, 5) is 40.7. The lowest BCUT2D eigenvalue weighted by molar-refractivity contribution is -0.139. The van der Waals surface area contributed by atoms with Crippen molar-refractivity contribution in [3.63, 3.8) is 0 Å². The number of carbonyl (C=O) groups is 3. The highest BCUT2D eigenvalue weighted by molar-refractivity contribution is 7.99. The molecule has 2 amide bonds. The number of fused-ring (bicyclic) bond motifs is 1. The van der Waals surface area contributed by atoms with Crippen LogP contribution >= 0.6 is 23.4 Å². The number of carboxylic acids is 1. The van der Waals surface area contributed by atoms with E-state index in [0.717, 1.165) is 57.2 Å². The van der Waals surface area contributed by atoms with Gasteiger partial charge in [-0.15, -0.1) is 11.8 Å². The van der Waals surface area contributed by atoms with Crippen molar-refractivity contribution < 1.29 is 24.2 Å². The van der Waals surface area contributed by atoms with Crippen LogP contribution in [0.5, 0.6) is 5.75 Å². The zero-order chi connectivity index (χ0) is 33.3. The third-order valence-electron chi connectivity index (χ3n) is 8.09. The Kier molecular flexibility index (Phi) is 11.6. The highest BCUT2D eigenvalue weighted by Crippen LogP contribution is 2.42. The Morgan fingerprint density at radius 3 is 2.72 bits per heavy atom. The number of thioether (sulfide) groups is 1. The molecule has 1 aromatic heterocycles. The van der Waals surface area contributed by atoms with Gasteiger partial charge in [-0.25, -0.2) is 4.79 Å². The topological polar surface area (TPSA) is 114 Å². The van der Waals surface area contributed by atoms with E-state index < -0.39 is 17.9 Å². The molecule has 3 aromatic carbocycles. The molecule has 47 heavy (non-hydrogen) atoms. The molecule has 1 atom stereocenters. The number of unbranched alkanes of at least 4 members (excludes halogenated alkanes) is 1. The van der Waals surface area contributed by atoms with E-state index in [2.05, 4.69) is 10.4 Å². The Balaban J connectivity index is 1.23. The monoisotopic (exact) mass is 674 g/mol. The predicted octanol–water partition coefficient (Wildman–Crippen LogP) is 7.23. The van der Waals surface area contributed by atoms with Gasteiger partial charge < -0.3 is 20.1 Å². The number of aliphatic carboxylic acids is 1. The van der Waals surface area contributed by atoms with Crippen molar-refractivity contribution in [3.8, 4) is 16.9 Å². The van der Waals surface area contributed by atoms with Gasteiger partial charge in [0.15, 0.2) is 0 Å². The molecule has 0 bridgehead atoms. The number of halogens is 1. The number of benzene rings is 3. The molecular formula is C36H39ClN4O5S. The standard InChI is InChI=1S/C36H39ClN4O5S/c1-3-4-13-30(36(44)45)39-35(43)26-10-5-9-25(20-26)22-40-23-27(21-38-40)28-11-6-14-31-34(28)47-19-17-41(31)33(42)16-8-18-46-32-15-7-12-29(37)24(32)2/h5-7,9-12,14-15,20-21,23,30H,3-4,8,13,16-19,22H2,1-2H3,(H,39,43)(H,44,45)/t30-/m0/s1. The summed E-state index contributed by atoms with van der Waals surface area (Å²) in [6.45, 7) is 5.40. The van der Waals surface area contributed by atoms with E-state index in [4.69, 9.17) is 16.3 Å². The second kappa shape index (κ2) is 16.0. The highest BCUT2D eigenvalue weighted by atomic mass is 35.5. The van der Waals surface area contributed by atoms with Crippen LogP contribution in [0.4, 0.5) is 5.69 Å². The molecule has 1 aliphatic rings. The fourth-order valence-electron chi connectivity index (χ4n) is 5.51. The van der Waals surface area contributed by atoms with Gasteiger partial charge in [0, 0.05) is 57.1 Å². The molecule has 1 aliphatic heterocycles. The molecule has 0 unspecified atom stereocenters. The van der Waals surface area contributed by atoms with Gasteiger partial charge >= 0.3 is 5.97 Å². The van der Waals surface area contributed by atoms with Crippen molar-refractivity contribution in [1.29, 1.82) is 0 Å². The van der Waals surface area contributed by atoms with Crippen LogP contribution in [-0.2, 0) is 16.1 Å². The number of anilines is 1. The van der Waals surface area contributed by atoms with Crippen LogP contribution in [0.3, 0.4) is 0 Å². The Hall–Kier alpha value is -4.28. The van der Waals surface area contributed by atoms with E-state index in [-0.39, 0.29) is 5.91 Å². The van der Waals surface area contributed by atoms with E-state index in [1.807, 2.05) is 78.3 Å². The van der Waals surface area contributed by atoms with Gasteiger partial charge in [0.2, 0.25) is 5.91 Å². The van der Waals surface area contributed by atoms with E-state index in [9.17, 15) is 19.5 Å². The number of carboxylic acid groups (broad SMARTS) is 1. The first-order valence-electron chi connectivity index (χ1n) is 15.8. The molecule has 5 rings (SSSR count). The van der Waals surface area contributed by atoms with Crippen molar-refractivity contribution >= 4 is 46.8 Å². The third-order valence-corrected chi connectivity index (χ3v) is 9.60. The molecule has 0 saturated carbocycles. The summed E-state index contributed by atoms with van der Waals surface area (Å²) in [5.41, 5.74) is 5.01. The number of nitrogens with zero attached hydrogens (tertiary/aromatic N) is 3. The summed E-state index contributed by atoms with van der Waals surface area (Å²) in [6, 6.07) is 17.8. The Labute approximate surface area is 284 Å². The lowest BCUT2D eigenvalue weighted by Gasteiger charge is -2.30. The number of hydrogen-bond acceptors (Lipinski definition) is 6. The zero-order valence-corrected chi connectivity index (χ0v) is 28.2. The number of carbonyl (C=O) groups excluding carboxylic acids is 2. The quantitative estimate of drug-likeness (QED) is 0.136. The van der Waals surface area contributed by atoms with E-state index in [0.29, 0.717) is 49.5 Å². The molecule has 11 heteroatoms. The summed E-state index contributed by atoms with van der Waals surface area (Å²) in [5.74, 6) is 0.148. The number of hydrogen-bond donors (Lipinski definition) is 2. The van der Waals surface area contributed by atoms with Crippen molar-refractivity contribution in [2.24, 2.45) is 0 Å². The zero-order valence-electron chi connectivity index (χ0n) is 26.6. The summed E-state index contributed by atoms with van der Waals surface area (Å²) in [6.07, 6.45) is 6.70. The first-order valence-corrected chi connectivity index (χ1v) is 17.2. The molecular weight excluding hydrogens is 636 g/mol. The van der Waals surface area contributed by atoms with Gasteiger partial charge in [-0.05, 0) is 55.7 Å². The molecule has 9 nitrogen and oxygen atoms in total. The predicted molar refractivity (Wildman–Crippen MR) is 186 cm³/mol. The summed E-state index contributed by atoms with van der Waals surface area (Å²) in [5, 5.41) is 17.4. The average Bonchev–Trinajstić information content (AvgIpc) is 3.54. The molecule has 0 fully saturated rings. The number of amides is 2. The van der Waals surface area contributed by atoms with Gasteiger partial charge in [-0.3, -0.25) is 14.3 Å². The fourth-order valence-corrected chi connectivity index (χ4v) is 6.83. The molecule has 0 saturated heterocycles. The summed E-state index contributed by atoms with van der Waals surface area (Å²) < 4.78 is 7.70. The number of rotatable bonds is 14. The summed E-state index contributed by atoms with van der Waals surface area (Å²) >= 11 is 7.93. The third kappa shape index (κ3) is 8.55. The first kappa shape index (κ1) is 34.1. The Bertz CT molecular complexity index is 1740. The molecule has 0 aliphatic carbocycles. The van der Waals surface area contributed by atoms with E-state index >= 15 is 0 Å². The van der Waals surface area contributed by atoms with Crippen molar-refractivity contribution in [1.82, 2.24) is 15.1 Å². The normalized spacial score (nSPS) is 13.1. The molecule has 0 spiro atoms. The van der Waals surface area contributed by atoms with Gasteiger partial charge in [-0.2, -0.15) is 5.10 Å². The maximum Gasteiger partial charge on any atom is 0.326 e. The molecule has 0 radical (unpaired) electrons. The molecule has 4 aromatic rings. The largest absolute Gasteiger partial charge is 0.493 e.